The first-order valence-electron chi connectivity index (χ1n) is 8.34. The first-order chi connectivity index (χ1) is 9.51. The topological polar surface area (TPSA) is 53.2 Å². The largest absolute Gasteiger partial charge is 0.352 e. The van der Waals surface area contributed by atoms with Gasteiger partial charge >= 0.3 is 0 Å². The van der Waals surface area contributed by atoms with Crippen molar-refractivity contribution in [1.82, 2.24) is 16.0 Å². The fourth-order valence-electron chi connectivity index (χ4n) is 4.37. The first-order valence-corrected chi connectivity index (χ1v) is 8.34. The standard InChI is InChI=1S/C17H33N3O/c1-15(2)8-7-9-18-13(15)14(21)19-12-10-16(3,4)20-17(5,6)11-12/h12-13,18,20H,7-11H2,1-6H3,(H,19,21). The van der Waals surface area contributed by atoms with Crippen molar-refractivity contribution < 1.29 is 4.79 Å². The van der Waals surface area contributed by atoms with Gasteiger partial charge in [0.15, 0.2) is 0 Å². The van der Waals surface area contributed by atoms with Crippen LogP contribution in [-0.2, 0) is 4.79 Å². The zero-order chi connectivity index (χ0) is 15.9. The lowest BCUT2D eigenvalue weighted by molar-refractivity contribution is -0.128. The lowest BCUT2D eigenvalue weighted by Gasteiger charge is -2.47. The SMILES string of the molecule is CC1(C)CC(NC(=O)C2NCCCC2(C)C)CC(C)(C)N1. The Labute approximate surface area is 129 Å². The average Bonchev–Trinajstić information content (AvgIpc) is 2.23. The highest BCUT2D eigenvalue weighted by Crippen LogP contribution is 2.32. The molecule has 0 radical (unpaired) electrons. The second-order valence-corrected chi connectivity index (χ2v) is 8.99. The summed E-state index contributed by atoms with van der Waals surface area (Å²) in [6, 6.07) is 0.190. The summed E-state index contributed by atoms with van der Waals surface area (Å²) in [5, 5.41) is 10.4. The van der Waals surface area contributed by atoms with Crippen LogP contribution in [0.5, 0.6) is 0 Å². The molecule has 2 saturated heterocycles. The summed E-state index contributed by atoms with van der Waals surface area (Å²) in [6.45, 7) is 14.2. The van der Waals surface area contributed by atoms with Crippen LogP contribution >= 0.6 is 0 Å². The molecule has 0 aromatic carbocycles. The minimum atomic E-state index is -0.0626. The van der Waals surface area contributed by atoms with Crippen LogP contribution in [0.2, 0.25) is 0 Å². The maximum absolute atomic E-state index is 12.7. The smallest absolute Gasteiger partial charge is 0.237 e. The molecule has 1 unspecified atom stereocenters. The molecule has 0 saturated carbocycles. The highest BCUT2D eigenvalue weighted by atomic mass is 16.2. The Kier molecular flexibility index (Phi) is 4.42. The van der Waals surface area contributed by atoms with E-state index in [0.29, 0.717) is 0 Å². The van der Waals surface area contributed by atoms with E-state index < -0.39 is 0 Å². The fraction of sp³-hybridized carbons (Fsp3) is 0.941. The Morgan fingerprint density at radius 2 is 1.62 bits per heavy atom. The number of nitrogens with one attached hydrogen (secondary N) is 3. The number of hydrogen-bond donors (Lipinski definition) is 3. The molecule has 0 spiro atoms. The molecule has 4 heteroatoms. The van der Waals surface area contributed by atoms with Gasteiger partial charge in [0.05, 0.1) is 6.04 Å². The highest BCUT2D eigenvalue weighted by molar-refractivity contribution is 5.83. The zero-order valence-corrected chi connectivity index (χ0v) is 14.6. The van der Waals surface area contributed by atoms with Crippen molar-refractivity contribution in [1.29, 1.82) is 0 Å². The number of amides is 1. The van der Waals surface area contributed by atoms with Crippen LogP contribution in [0, 0.1) is 5.41 Å². The average molecular weight is 295 g/mol. The van der Waals surface area contributed by atoms with E-state index in [1.165, 1.54) is 0 Å². The van der Waals surface area contributed by atoms with Crippen LogP contribution in [0.25, 0.3) is 0 Å². The monoisotopic (exact) mass is 295 g/mol. The van der Waals surface area contributed by atoms with E-state index in [1.54, 1.807) is 0 Å². The van der Waals surface area contributed by atoms with E-state index in [2.05, 4.69) is 57.5 Å². The zero-order valence-electron chi connectivity index (χ0n) is 14.6. The molecule has 1 amide bonds. The van der Waals surface area contributed by atoms with Crippen molar-refractivity contribution in [3.63, 3.8) is 0 Å². The van der Waals surface area contributed by atoms with Crippen LogP contribution < -0.4 is 16.0 Å². The molecule has 0 bridgehead atoms. The molecule has 2 aliphatic rings. The predicted molar refractivity (Wildman–Crippen MR) is 87.3 cm³/mol. The van der Waals surface area contributed by atoms with E-state index in [9.17, 15) is 4.79 Å². The van der Waals surface area contributed by atoms with Gasteiger partial charge in [0.2, 0.25) is 5.91 Å². The normalized spacial score (nSPS) is 31.6. The van der Waals surface area contributed by atoms with Crippen LogP contribution in [0.1, 0.15) is 67.2 Å². The van der Waals surface area contributed by atoms with E-state index in [4.69, 9.17) is 0 Å². The van der Waals surface area contributed by atoms with Crippen LogP contribution in [-0.4, -0.2) is 35.6 Å². The van der Waals surface area contributed by atoms with Gasteiger partial charge in [-0.05, 0) is 65.3 Å². The van der Waals surface area contributed by atoms with Crippen LogP contribution in [0.4, 0.5) is 0 Å². The molecule has 3 N–H and O–H groups in total. The third kappa shape index (κ3) is 4.19. The number of hydrogen-bond acceptors (Lipinski definition) is 3. The van der Waals surface area contributed by atoms with Crippen molar-refractivity contribution in [2.24, 2.45) is 5.41 Å². The summed E-state index contributed by atoms with van der Waals surface area (Å²) in [7, 11) is 0. The molecular weight excluding hydrogens is 262 g/mol. The fourth-order valence-corrected chi connectivity index (χ4v) is 4.37. The summed E-state index contributed by atoms with van der Waals surface area (Å²) < 4.78 is 0. The third-order valence-corrected chi connectivity index (χ3v) is 4.93. The van der Waals surface area contributed by atoms with Gasteiger partial charge in [-0.15, -0.1) is 0 Å². The van der Waals surface area contributed by atoms with Gasteiger partial charge < -0.3 is 16.0 Å². The minimum Gasteiger partial charge on any atom is -0.352 e. The maximum Gasteiger partial charge on any atom is 0.237 e. The lowest BCUT2D eigenvalue weighted by atomic mass is 9.76. The Balaban J connectivity index is 2.02. The van der Waals surface area contributed by atoms with E-state index in [0.717, 1.165) is 32.2 Å². The van der Waals surface area contributed by atoms with E-state index in [-0.39, 0.29) is 34.5 Å². The molecule has 2 aliphatic heterocycles. The van der Waals surface area contributed by atoms with Gasteiger partial charge in [-0.3, -0.25) is 4.79 Å². The van der Waals surface area contributed by atoms with Crippen molar-refractivity contribution >= 4 is 5.91 Å². The molecular formula is C17H33N3O. The summed E-state index contributed by atoms with van der Waals surface area (Å²) >= 11 is 0. The minimum absolute atomic E-state index is 0.0420. The Hall–Kier alpha value is -0.610. The first kappa shape index (κ1) is 16.8. The quantitative estimate of drug-likeness (QED) is 0.732. The third-order valence-electron chi connectivity index (χ3n) is 4.93. The van der Waals surface area contributed by atoms with Gasteiger partial charge in [0.1, 0.15) is 0 Å². The molecule has 122 valence electrons. The molecule has 0 aromatic rings. The second-order valence-electron chi connectivity index (χ2n) is 8.99. The van der Waals surface area contributed by atoms with Crippen molar-refractivity contribution in [2.45, 2.75) is 90.4 Å². The molecule has 0 aromatic heterocycles. The maximum atomic E-state index is 12.7. The van der Waals surface area contributed by atoms with E-state index in [1.807, 2.05) is 0 Å². The second kappa shape index (κ2) is 5.54. The molecule has 4 nitrogen and oxygen atoms in total. The van der Waals surface area contributed by atoms with Crippen molar-refractivity contribution in [3.8, 4) is 0 Å². The number of carbonyl (C=O) groups is 1. The lowest BCUT2D eigenvalue weighted by Crippen LogP contribution is -2.64. The summed E-state index contributed by atoms with van der Waals surface area (Å²) in [4.78, 5) is 12.7. The number of piperidine rings is 2. The van der Waals surface area contributed by atoms with Gasteiger partial charge in [0.25, 0.3) is 0 Å². The number of carbonyl (C=O) groups excluding carboxylic acids is 1. The predicted octanol–water partition coefficient (Wildman–Crippen LogP) is 2.19. The van der Waals surface area contributed by atoms with Crippen molar-refractivity contribution in [3.05, 3.63) is 0 Å². The van der Waals surface area contributed by atoms with Gasteiger partial charge in [-0.25, -0.2) is 0 Å². The molecule has 2 heterocycles. The van der Waals surface area contributed by atoms with Gasteiger partial charge in [-0.2, -0.15) is 0 Å². The highest BCUT2D eigenvalue weighted by Gasteiger charge is 2.41. The molecule has 21 heavy (non-hydrogen) atoms. The number of rotatable bonds is 2. The molecule has 0 aliphatic carbocycles. The van der Waals surface area contributed by atoms with Crippen molar-refractivity contribution in [2.75, 3.05) is 6.54 Å². The van der Waals surface area contributed by atoms with Crippen LogP contribution in [0.15, 0.2) is 0 Å². The molecule has 2 fully saturated rings. The molecule has 2 rings (SSSR count). The summed E-state index contributed by atoms with van der Waals surface area (Å²) in [6.07, 6.45) is 4.23. The summed E-state index contributed by atoms with van der Waals surface area (Å²) in [5.74, 6) is 0.179. The van der Waals surface area contributed by atoms with Crippen LogP contribution in [0.3, 0.4) is 0 Å². The summed E-state index contributed by atoms with van der Waals surface area (Å²) in [5.41, 5.74) is 0.171. The molecule has 1 atom stereocenters. The Bertz CT molecular complexity index is 385. The van der Waals surface area contributed by atoms with Gasteiger partial charge in [0, 0.05) is 17.1 Å². The Morgan fingerprint density at radius 3 is 2.14 bits per heavy atom. The Morgan fingerprint density at radius 1 is 1.05 bits per heavy atom. The van der Waals surface area contributed by atoms with E-state index >= 15 is 0 Å². The van der Waals surface area contributed by atoms with Gasteiger partial charge in [-0.1, -0.05) is 13.8 Å².